The average Bonchev–Trinajstić information content (AvgIpc) is 2.33. The van der Waals surface area contributed by atoms with E-state index in [0.717, 1.165) is 31.1 Å². The summed E-state index contributed by atoms with van der Waals surface area (Å²) in [5.41, 5.74) is 0.950. The molecule has 1 saturated heterocycles. The molecule has 0 amide bonds. The van der Waals surface area contributed by atoms with E-state index in [0.29, 0.717) is 11.9 Å². The fraction of sp³-hybridized carbons (Fsp3) is 0.583. The number of halogens is 1. The maximum absolute atomic E-state index is 5.80. The van der Waals surface area contributed by atoms with Gasteiger partial charge in [0, 0.05) is 25.7 Å². The zero-order valence-electron chi connectivity index (χ0n) is 9.86. The van der Waals surface area contributed by atoms with E-state index in [4.69, 9.17) is 11.6 Å². The van der Waals surface area contributed by atoms with Crippen LogP contribution in [0.3, 0.4) is 0 Å². The summed E-state index contributed by atoms with van der Waals surface area (Å²) in [5.74, 6) is 1.54. The Morgan fingerprint density at radius 1 is 1.44 bits per heavy atom. The zero-order valence-corrected chi connectivity index (χ0v) is 10.6. The van der Waals surface area contributed by atoms with Crippen molar-refractivity contribution in [3.63, 3.8) is 0 Å². The molecule has 1 atom stereocenters. The van der Waals surface area contributed by atoms with Crippen LogP contribution in [0.25, 0.3) is 0 Å². The number of rotatable bonds is 2. The van der Waals surface area contributed by atoms with Crippen LogP contribution >= 0.6 is 11.6 Å². The molecule has 1 aromatic rings. The van der Waals surface area contributed by atoms with Crippen molar-refractivity contribution in [3.05, 3.63) is 23.9 Å². The number of piperazine rings is 1. The predicted octanol–water partition coefficient (Wildman–Crippen LogP) is 1.96. The Hall–Kier alpha value is -0.800. The largest absolute Gasteiger partial charge is 0.354 e. The smallest absolute Gasteiger partial charge is 0.128 e. The molecule has 0 spiro atoms. The van der Waals surface area contributed by atoms with Crippen LogP contribution in [-0.2, 0) is 5.88 Å². The van der Waals surface area contributed by atoms with Crippen LogP contribution in [0.15, 0.2) is 18.2 Å². The Balaban J connectivity index is 2.12. The molecule has 88 valence electrons. The first-order valence-electron chi connectivity index (χ1n) is 5.68. The van der Waals surface area contributed by atoms with Crippen LogP contribution in [0, 0.1) is 0 Å². The second-order valence-corrected chi connectivity index (χ2v) is 4.66. The van der Waals surface area contributed by atoms with E-state index in [2.05, 4.69) is 34.8 Å². The molecule has 0 aromatic carbocycles. The number of hydrogen-bond donors (Lipinski definition) is 0. The van der Waals surface area contributed by atoms with Crippen molar-refractivity contribution < 1.29 is 0 Å². The highest BCUT2D eigenvalue weighted by Crippen LogP contribution is 2.16. The molecule has 1 aliphatic rings. The maximum Gasteiger partial charge on any atom is 0.128 e. The van der Waals surface area contributed by atoms with Gasteiger partial charge in [-0.1, -0.05) is 6.07 Å². The van der Waals surface area contributed by atoms with E-state index in [-0.39, 0.29) is 0 Å². The summed E-state index contributed by atoms with van der Waals surface area (Å²) in [6, 6.07) is 6.64. The lowest BCUT2D eigenvalue weighted by molar-refractivity contribution is 0.233. The highest BCUT2D eigenvalue weighted by atomic mass is 35.5. The van der Waals surface area contributed by atoms with Gasteiger partial charge >= 0.3 is 0 Å². The fourth-order valence-electron chi connectivity index (χ4n) is 1.97. The van der Waals surface area contributed by atoms with Crippen LogP contribution in [-0.4, -0.2) is 42.6 Å². The van der Waals surface area contributed by atoms with Crippen LogP contribution < -0.4 is 4.90 Å². The molecule has 4 heteroatoms. The molecule has 3 nitrogen and oxygen atoms in total. The molecule has 16 heavy (non-hydrogen) atoms. The lowest BCUT2D eigenvalue weighted by Gasteiger charge is -2.38. The monoisotopic (exact) mass is 239 g/mol. The Kier molecular flexibility index (Phi) is 3.66. The minimum Gasteiger partial charge on any atom is -0.354 e. The van der Waals surface area contributed by atoms with Gasteiger partial charge in [-0.15, -0.1) is 11.6 Å². The number of aromatic nitrogens is 1. The standard InChI is InChI=1S/C12H18ClN3/c1-10-9-16(7-6-15(10)2)12-5-3-4-11(8-13)14-12/h3-5,10H,6-9H2,1-2H3. The molecule has 0 aliphatic carbocycles. The molecule has 1 aromatic heterocycles. The Morgan fingerprint density at radius 2 is 2.25 bits per heavy atom. The number of anilines is 1. The van der Waals surface area contributed by atoms with Gasteiger partial charge in [-0.2, -0.15) is 0 Å². The van der Waals surface area contributed by atoms with Crippen molar-refractivity contribution in [1.82, 2.24) is 9.88 Å². The van der Waals surface area contributed by atoms with Crippen molar-refractivity contribution >= 4 is 17.4 Å². The quantitative estimate of drug-likeness (QED) is 0.736. The van der Waals surface area contributed by atoms with Crippen LogP contribution in [0.2, 0.25) is 0 Å². The van der Waals surface area contributed by atoms with Gasteiger partial charge in [0.25, 0.3) is 0 Å². The molecular weight excluding hydrogens is 222 g/mol. The molecule has 1 fully saturated rings. The SMILES string of the molecule is CC1CN(c2cccc(CCl)n2)CCN1C. The van der Waals surface area contributed by atoms with Crippen molar-refractivity contribution in [3.8, 4) is 0 Å². The van der Waals surface area contributed by atoms with Crippen molar-refractivity contribution in [1.29, 1.82) is 0 Å². The molecule has 0 saturated carbocycles. The number of nitrogens with zero attached hydrogens (tertiary/aromatic N) is 3. The third-order valence-corrected chi connectivity index (χ3v) is 3.49. The highest BCUT2D eigenvalue weighted by Gasteiger charge is 2.21. The zero-order chi connectivity index (χ0) is 11.5. The highest BCUT2D eigenvalue weighted by molar-refractivity contribution is 6.16. The second-order valence-electron chi connectivity index (χ2n) is 4.40. The summed E-state index contributed by atoms with van der Waals surface area (Å²) in [6.45, 7) is 5.42. The van der Waals surface area contributed by atoms with E-state index < -0.39 is 0 Å². The van der Waals surface area contributed by atoms with E-state index in [1.165, 1.54) is 0 Å². The number of alkyl halides is 1. The normalized spacial score (nSPS) is 22.4. The second kappa shape index (κ2) is 5.02. The van der Waals surface area contributed by atoms with Gasteiger partial charge in [0.15, 0.2) is 0 Å². The minimum atomic E-state index is 0.483. The summed E-state index contributed by atoms with van der Waals surface area (Å²) in [4.78, 5) is 9.26. The van der Waals surface area contributed by atoms with E-state index in [1.807, 2.05) is 12.1 Å². The molecular formula is C12H18ClN3. The van der Waals surface area contributed by atoms with Gasteiger partial charge in [-0.3, -0.25) is 0 Å². The Morgan fingerprint density at radius 3 is 2.94 bits per heavy atom. The summed E-state index contributed by atoms with van der Waals surface area (Å²) in [5, 5.41) is 0. The first-order chi connectivity index (χ1) is 7.70. The summed E-state index contributed by atoms with van der Waals surface area (Å²) in [7, 11) is 2.17. The molecule has 0 bridgehead atoms. The molecule has 2 heterocycles. The molecule has 1 aliphatic heterocycles. The molecule has 0 radical (unpaired) electrons. The van der Waals surface area contributed by atoms with Crippen molar-refractivity contribution in [2.45, 2.75) is 18.8 Å². The predicted molar refractivity (Wildman–Crippen MR) is 68.1 cm³/mol. The van der Waals surface area contributed by atoms with Crippen molar-refractivity contribution in [2.75, 3.05) is 31.6 Å². The molecule has 0 N–H and O–H groups in total. The third kappa shape index (κ3) is 2.47. The topological polar surface area (TPSA) is 19.4 Å². The van der Waals surface area contributed by atoms with E-state index in [1.54, 1.807) is 0 Å². The Bertz CT molecular complexity index is 356. The first kappa shape index (κ1) is 11.7. The van der Waals surface area contributed by atoms with Gasteiger partial charge in [0.1, 0.15) is 5.82 Å². The summed E-state index contributed by atoms with van der Waals surface area (Å²) < 4.78 is 0. The van der Waals surface area contributed by atoms with Crippen LogP contribution in [0.4, 0.5) is 5.82 Å². The average molecular weight is 240 g/mol. The number of likely N-dealkylation sites (N-methyl/N-ethyl adjacent to an activating group) is 1. The molecule has 2 rings (SSSR count). The van der Waals surface area contributed by atoms with Gasteiger partial charge in [-0.25, -0.2) is 4.98 Å². The van der Waals surface area contributed by atoms with E-state index >= 15 is 0 Å². The summed E-state index contributed by atoms with van der Waals surface area (Å²) in [6.07, 6.45) is 0. The fourth-order valence-corrected chi connectivity index (χ4v) is 2.12. The number of pyridine rings is 1. The van der Waals surface area contributed by atoms with Gasteiger partial charge < -0.3 is 9.80 Å². The lowest BCUT2D eigenvalue weighted by atomic mass is 10.2. The van der Waals surface area contributed by atoms with Gasteiger partial charge in [-0.05, 0) is 26.1 Å². The molecule has 1 unspecified atom stereocenters. The van der Waals surface area contributed by atoms with Gasteiger partial charge in [0.2, 0.25) is 0 Å². The van der Waals surface area contributed by atoms with Crippen LogP contribution in [0.1, 0.15) is 12.6 Å². The number of hydrogen-bond acceptors (Lipinski definition) is 3. The minimum absolute atomic E-state index is 0.483. The maximum atomic E-state index is 5.80. The van der Waals surface area contributed by atoms with E-state index in [9.17, 15) is 0 Å². The third-order valence-electron chi connectivity index (χ3n) is 3.21. The van der Waals surface area contributed by atoms with Crippen LogP contribution in [0.5, 0.6) is 0 Å². The van der Waals surface area contributed by atoms with Gasteiger partial charge in [0.05, 0.1) is 11.6 Å². The van der Waals surface area contributed by atoms with Crippen molar-refractivity contribution in [2.24, 2.45) is 0 Å². The Labute approximate surface area is 102 Å². The lowest BCUT2D eigenvalue weighted by Crippen LogP contribution is -2.50. The first-order valence-corrected chi connectivity index (χ1v) is 6.21. The summed E-state index contributed by atoms with van der Waals surface area (Å²) >= 11 is 5.80.